The highest BCUT2D eigenvalue weighted by atomic mass is 19.1. The van der Waals surface area contributed by atoms with E-state index in [-0.39, 0.29) is 17.5 Å². The van der Waals surface area contributed by atoms with Crippen LogP contribution in [0, 0.1) is 11.6 Å². The van der Waals surface area contributed by atoms with E-state index in [1.807, 2.05) is 42.2 Å². The minimum Gasteiger partial charge on any atom is -0.494 e. The van der Waals surface area contributed by atoms with Crippen LogP contribution in [0.2, 0.25) is 0 Å². The number of ether oxygens (including phenoxy) is 1. The van der Waals surface area contributed by atoms with Gasteiger partial charge in [-0.3, -0.25) is 9.69 Å². The number of amides is 1. The summed E-state index contributed by atoms with van der Waals surface area (Å²) >= 11 is 0. The summed E-state index contributed by atoms with van der Waals surface area (Å²) in [5.74, 6) is 0.0698. The quantitative estimate of drug-likeness (QED) is 0.238. The van der Waals surface area contributed by atoms with Crippen LogP contribution in [0.15, 0.2) is 91.1 Å². The maximum atomic E-state index is 13.8. The Morgan fingerprint density at radius 3 is 2.22 bits per heavy atom. The minimum absolute atomic E-state index is 0.0922. The van der Waals surface area contributed by atoms with E-state index in [2.05, 4.69) is 21.6 Å². The zero-order valence-electron chi connectivity index (χ0n) is 22.8. The molecular weight excluding hydrogens is 522 g/mol. The van der Waals surface area contributed by atoms with Crippen LogP contribution in [0.4, 0.5) is 8.78 Å². The molecule has 208 valence electrons. The molecule has 0 bridgehead atoms. The molecule has 1 fully saturated rings. The zero-order valence-corrected chi connectivity index (χ0v) is 22.8. The van der Waals surface area contributed by atoms with Crippen molar-refractivity contribution in [3.05, 3.63) is 114 Å². The first kappa shape index (κ1) is 26.7. The van der Waals surface area contributed by atoms with Gasteiger partial charge in [-0.1, -0.05) is 12.1 Å². The second-order valence-corrected chi connectivity index (χ2v) is 10.1. The van der Waals surface area contributed by atoms with Gasteiger partial charge in [-0.05, 0) is 90.8 Å². The number of nitrogens with zero attached hydrogens (tertiary/aromatic N) is 4. The van der Waals surface area contributed by atoms with Crippen LogP contribution in [-0.2, 0) is 6.54 Å². The number of halogens is 2. The molecule has 1 saturated heterocycles. The Morgan fingerprint density at radius 2 is 1.51 bits per heavy atom. The molecule has 0 saturated carbocycles. The zero-order chi connectivity index (χ0) is 28.3. The molecule has 0 N–H and O–H groups in total. The first-order chi connectivity index (χ1) is 20.0. The van der Waals surface area contributed by atoms with Crippen LogP contribution in [0.5, 0.6) is 5.75 Å². The Balaban J connectivity index is 1.30. The Labute approximate surface area is 237 Å². The number of fused-ring (bicyclic) bond motifs is 1. The van der Waals surface area contributed by atoms with Gasteiger partial charge >= 0.3 is 0 Å². The fourth-order valence-corrected chi connectivity index (χ4v) is 5.28. The summed E-state index contributed by atoms with van der Waals surface area (Å²) in [7, 11) is 0. The molecule has 8 heteroatoms. The minimum atomic E-state index is -0.360. The lowest BCUT2D eigenvalue weighted by Crippen LogP contribution is -2.48. The number of hydrogen-bond donors (Lipinski definition) is 0. The average Bonchev–Trinajstić information content (AvgIpc) is 3.35. The number of carbonyl (C=O) groups is 1. The Hall–Kier alpha value is -4.56. The molecule has 0 spiro atoms. The van der Waals surface area contributed by atoms with Crippen molar-refractivity contribution in [3.8, 4) is 28.1 Å². The van der Waals surface area contributed by atoms with E-state index in [9.17, 15) is 13.6 Å². The van der Waals surface area contributed by atoms with Gasteiger partial charge < -0.3 is 14.0 Å². The lowest BCUT2D eigenvalue weighted by molar-refractivity contribution is 0.0627. The van der Waals surface area contributed by atoms with Gasteiger partial charge in [-0.2, -0.15) is 0 Å². The van der Waals surface area contributed by atoms with Crippen LogP contribution < -0.4 is 4.74 Å². The van der Waals surface area contributed by atoms with Gasteiger partial charge in [-0.15, -0.1) is 0 Å². The fourth-order valence-electron chi connectivity index (χ4n) is 5.28. The third-order valence-electron chi connectivity index (χ3n) is 7.44. The maximum absolute atomic E-state index is 13.8. The largest absolute Gasteiger partial charge is 0.494 e. The Morgan fingerprint density at radius 1 is 0.829 bits per heavy atom. The smallest absolute Gasteiger partial charge is 0.253 e. The second-order valence-electron chi connectivity index (χ2n) is 10.1. The molecule has 0 atom stereocenters. The standard InChI is InChI=1S/C33H30F2N4O2/c1-2-41-29-5-3-4-25(20-29)26-10-15-31-36-32(23-6-11-27(34)12-7-23)30(39(31)21-26)22-37-16-18-38(19-17-37)33(40)24-8-13-28(35)14-9-24/h3-15,20-21H,2,16-19,22H2,1H3. The number of piperazine rings is 1. The van der Waals surface area contributed by atoms with Gasteiger partial charge in [0, 0.05) is 50.0 Å². The molecule has 1 aliphatic rings. The number of rotatable bonds is 7. The molecule has 6 rings (SSSR count). The maximum Gasteiger partial charge on any atom is 0.253 e. The highest BCUT2D eigenvalue weighted by Crippen LogP contribution is 2.30. The number of imidazole rings is 1. The lowest BCUT2D eigenvalue weighted by atomic mass is 10.1. The molecule has 3 aromatic carbocycles. The summed E-state index contributed by atoms with van der Waals surface area (Å²) in [5, 5.41) is 0. The SMILES string of the molecule is CCOc1cccc(-c2ccc3nc(-c4ccc(F)cc4)c(CN4CCN(C(=O)c5ccc(F)cc5)CC4)n3c2)c1. The third-order valence-corrected chi connectivity index (χ3v) is 7.44. The summed E-state index contributed by atoms with van der Waals surface area (Å²) in [6.45, 7) is 5.65. The third kappa shape index (κ3) is 5.69. The van der Waals surface area contributed by atoms with Crippen LogP contribution in [0.3, 0.4) is 0 Å². The van der Waals surface area contributed by atoms with Crippen molar-refractivity contribution in [2.75, 3.05) is 32.8 Å². The summed E-state index contributed by atoms with van der Waals surface area (Å²) in [4.78, 5) is 22.0. The van der Waals surface area contributed by atoms with Crippen molar-refractivity contribution < 1.29 is 18.3 Å². The number of carbonyl (C=O) groups excluding carboxylic acids is 1. The second kappa shape index (κ2) is 11.5. The van der Waals surface area contributed by atoms with E-state index in [1.54, 1.807) is 12.1 Å². The number of benzene rings is 3. The topological polar surface area (TPSA) is 50.1 Å². The number of aromatic nitrogens is 2. The van der Waals surface area contributed by atoms with E-state index in [4.69, 9.17) is 9.72 Å². The van der Waals surface area contributed by atoms with Crippen molar-refractivity contribution in [2.24, 2.45) is 0 Å². The summed E-state index contributed by atoms with van der Waals surface area (Å²) in [5.41, 5.74) is 5.99. The molecule has 0 radical (unpaired) electrons. The van der Waals surface area contributed by atoms with E-state index in [0.717, 1.165) is 39.5 Å². The van der Waals surface area contributed by atoms with Crippen molar-refractivity contribution in [1.29, 1.82) is 0 Å². The molecule has 6 nitrogen and oxygen atoms in total. The molecule has 0 aliphatic carbocycles. The molecule has 0 unspecified atom stereocenters. The first-order valence-electron chi connectivity index (χ1n) is 13.8. The van der Waals surface area contributed by atoms with Gasteiger partial charge in [0.15, 0.2) is 0 Å². The molecular formula is C33H30F2N4O2. The van der Waals surface area contributed by atoms with Crippen molar-refractivity contribution in [3.63, 3.8) is 0 Å². The van der Waals surface area contributed by atoms with Gasteiger partial charge in [0.05, 0.1) is 18.0 Å². The number of pyridine rings is 1. The molecule has 2 aromatic heterocycles. The van der Waals surface area contributed by atoms with Crippen molar-refractivity contribution in [2.45, 2.75) is 13.5 Å². The average molecular weight is 553 g/mol. The van der Waals surface area contributed by atoms with Crippen LogP contribution in [0.1, 0.15) is 23.0 Å². The first-order valence-corrected chi connectivity index (χ1v) is 13.8. The molecule has 41 heavy (non-hydrogen) atoms. The Bertz CT molecular complexity index is 1670. The highest BCUT2D eigenvalue weighted by molar-refractivity contribution is 5.94. The van der Waals surface area contributed by atoms with E-state index >= 15 is 0 Å². The fraction of sp³-hybridized carbons (Fsp3) is 0.212. The van der Waals surface area contributed by atoms with Gasteiger partial charge in [0.25, 0.3) is 5.91 Å². The molecule has 5 aromatic rings. The highest BCUT2D eigenvalue weighted by Gasteiger charge is 2.25. The normalized spacial score (nSPS) is 14.0. The predicted octanol–water partition coefficient (Wildman–Crippen LogP) is 6.30. The van der Waals surface area contributed by atoms with Crippen molar-refractivity contribution >= 4 is 11.6 Å². The van der Waals surface area contributed by atoms with E-state index < -0.39 is 0 Å². The monoisotopic (exact) mass is 552 g/mol. The molecule has 3 heterocycles. The van der Waals surface area contributed by atoms with Gasteiger partial charge in [-0.25, -0.2) is 13.8 Å². The van der Waals surface area contributed by atoms with Crippen molar-refractivity contribution in [1.82, 2.24) is 19.2 Å². The van der Waals surface area contributed by atoms with E-state index in [0.29, 0.717) is 44.9 Å². The van der Waals surface area contributed by atoms with Gasteiger partial charge in [0.1, 0.15) is 23.0 Å². The predicted molar refractivity (Wildman–Crippen MR) is 155 cm³/mol. The lowest BCUT2D eigenvalue weighted by Gasteiger charge is -2.34. The Kier molecular flexibility index (Phi) is 7.48. The summed E-state index contributed by atoms with van der Waals surface area (Å²) < 4.78 is 34.9. The van der Waals surface area contributed by atoms with Crippen LogP contribution in [-0.4, -0.2) is 57.9 Å². The summed E-state index contributed by atoms with van der Waals surface area (Å²) in [6, 6.07) is 24.1. The van der Waals surface area contributed by atoms with Crippen LogP contribution >= 0.6 is 0 Å². The molecule has 1 aliphatic heterocycles. The molecule has 1 amide bonds. The summed E-state index contributed by atoms with van der Waals surface area (Å²) in [6.07, 6.45) is 2.09. The van der Waals surface area contributed by atoms with Crippen LogP contribution in [0.25, 0.3) is 28.0 Å². The van der Waals surface area contributed by atoms with Gasteiger partial charge in [0.2, 0.25) is 0 Å². The number of hydrogen-bond acceptors (Lipinski definition) is 4. The van der Waals surface area contributed by atoms with E-state index in [1.165, 1.54) is 36.4 Å².